The molecule has 1 rings (SSSR count). The number of nitrogens with one attached hydrogen (secondary N) is 1. The van der Waals surface area contributed by atoms with Crippen molar-refractivity contribution in [3.05, 3.63) is 29.8 Å². The molecule has 0 atom stereocenters. The van der Waals surface area contributed by atoms with Crippen LogP contribution in [0.5, 0.6) is 0 Å². The monoisotopic (exact) mass is 309 g/mol. The van der Waals surface area contributed by atoms with Crippen molar-refractivity contribution in [3.63, 3.8) is 0 Å². The number of hydrogen-bond donors (Lipinski definition) is 2. The Balaban J connectivity index is 3.05. The number of nitrogens with zero attached hydrogens (tertiary/aromatic N) is 1. The van der Waals surface area contributed by atoms with Gasteiger partial charge in [0.1, 0.15) is 0 Å². The Morgan fingerprint density at radius 1 is 1.38 bits per heavy atom. The van der Waals surface area contributed by atoms with Crippen LogP contribution in [0.25, 0.3) is 0 Å². The van der Waals surface area contributed by atoms with Crippen LogP contribution in [0, 0.1) is 11.8 Å². The van der Waals surface area contributed by atoms with Crippen molar-refractivity contribution in [3.8, 4) is 11.8 Å². The molecule has 0 saturated heterocycles. The van der Waals surface area contributed by atoms with Gasteiger partial charge in [-0.05, 0) is 12.1 Å². The van der Waals surface area contributed by atoms with Gasteiger partial charge in [0.15, 0.2) is 0 Å². The maximum absolute atomic E-state index is 12.5. The van der Waals surface area contributed by atoms with E-state index in [0.717, 1.165) is 4.31 Å². The first kappa shape index (κ1) is 17.2. The van der Waals surface area contributed by atoms with E-state index in [0.29, 0.717) is 5.56 Å². The Morgan fingerprint density at radius 3 is 2.67 bits per heavy atom. The van der Waals surface area contributed by atoms with Gasteiger partial charge in [-0.2, -0.15) is 0 Å². The van der Waals surface area contributed by atoms with Gasteiger partial charge in [0, 0.05) is 32.6 Å². The van der Waals surface area contributed by atoms with Gasteiger partial charge in [0.25, 0.3) is 0 Å². The van der Waals surface area contributed by atoms with Gasteiger partial charge in [-0.1, -0.05) is 24.0 Å². The molecule has 7 heteroatoms. The first-order valence-electron chi connectivity index (χ1n) is 6.38. The molecule has 1 amide bonds. The molecule has 21 heavy (non-hydrogen) atoms. The van der Waals surface area contributed by atoms with Gasteiger partial charge < -0.3 is 11.1 Å². The lowest BCUT2D eigenvalue weighted by atomic mass is 10.2. The van der Waals surface area contributed by atoms with E-state index in [1.54, 1.807) is 18.2 Å². The molecule has 114 valence electrons. The fraction of sp³-hybridized carbons (Fsp3) is 0.357. The van der Waals surface area contributed by atoms with Crippen LogP contribution in [-0.4, -0.2) is 45.8 Å². The van der Waals surface area contributed by atoms with E-state index in [-0.39, 0.29) is 30.3 Å². The first-order valence-corrected chi connectivity index (χ1v) is 7.82. The Bertz CT molecular complexity index is 660. The van der Waals surface area contributed by atoms with Crippen molar-refractivity contribution < 1.29 is 13.2 Å². The molecule has 0 aromatic heterocycles. The third kappa shape index (κ3) is 4.56. The normalized spacial score (nSPS) is 10.9. The summed E-state index contributed by atoms with van der Waals surface area (Å²) < 4.78 is 26.2. The molecule has 0 spiro atoms. The highest BCUT2D eigenvalue weighted by Gasteiger charge is 2.23. The predicted octanol–water partition coefficient (Wildman–Crippen LogP) is -0.247. The summed E-state index contributed by atoms with van der Waals surface area (Å²) >= 11 is 0. The highest BCUT2D eigenvalue weighted by molar-refractivity contribution is 7.89. The average Bonchev–Trinajstić information content (AvgIpc) is 2.50. The van der Waals surface area contributed by atoms with E-state index in [2.05, 4.69) is 17.2 Å². The summed E-state index contributed by atoms with van der Waals surface area (Å²) in [5.41, 5.74) is 5.71. The summed E-state index contributed by atoms with van der Waals surface area (Å²) in [4.78, 5) is 11.3. The van der Waals surface area contributed by atoms with Gasteiger partial charge in [0.2, 0.25) is 15.9 Å². The largest absolute Gasteiger partial charge is 0.359 e. The minimum absolute atomic E-state index is 0.0979. The molecule has 0 aliphatic heterocycles. The maximum Gasteiger partial charge on any atom is 0.244 e. The van der Waals surface area contributed by atoms with E-state index in [9.17, 15) is 13.2 Å². The molecule has 6 nitrogen and oxygen atoms in total. The van der Waals surface area contributed by atoms with Crippen molar-refractivity contribution in [1.82, 2.24) is 9.62 Å². The predicted molar refractivity (Wildman–Crippen MR) is 80.9 cm³/mol. The molecular weight excluding hydrogens is 290 g/mol. The van der Waals surface area contributed by atoms with Crippen LogP contribution in [0.15, 0.2) is 29.2 Å². The third-order valence-corrected chi connectivity index (χ3v) is 4.75. The standard InChI is InChI=1S/C14H19N3O3S/c1-16-14(18)9-11-17(2)21(19,20)13-8-4-3-6-12(13)7-5-10-15/h3-4,6,8H,9-11,15H2,1-2H3,(H,16,18). The smallest absolute Gasteiger partial charge is 0.244 e. The molecule has 0 aliphatic carbocycles. The van der Waals surface area contributed by atoms with Crippen molar-refractivity contribution in [2.45, 2.75) is 11.3 Å². The lowest BCUT2D eigenvalue weighted by Gasteiger charge is -2.17. The molecule has 0 heterocycles. The van der Waals surface area contributed by atoms with Gasteiger partial charge in [-0.3, -0.25) is 4.79 Å². The number of carbonyl (C=O) groups excluding carboxylic acids is 1. The molecule has 0 unspecified atom stereocenters. The van der Waals surface area contributed by atoms with E-state index < -0.39 is 10.0 Å². The fourth-order valence-electron chi connectivity index (χ4n) is 1.61. The van der Waals surface area contributed by atoms with Gasteiger partial charge in [-0.25, -0.2) is 12.7 Å². The average molecular weight is 309 g/mol. The Hall–Kier alpha value is -1.88. The van der Waals surface area contributed by atoms with Gasteiger partial charge in [0.05, 0.1) is 11.4 Å². The number of rotatable bonds is 5. The van der Waals surface area contributed by atoms with E-state index in [1.807, 2.05) is 0 Å². The second-order valence-corrected chi connectivity index (χ2v) is 6.27. The zero-order valence-electron chi connectivity index (χ0n) is 12.1. The fourth-order valence-corrected chi connectivity index (χ4v) is 2.93. The molecule has 0 fully saturated rings. The van der Waals surface area contributed by atoms with E-state index in [4.69, 9.17) is 5.73 Å². The maximum atomic E-state index is 12.5. The van der Waals surface area contributed by atoms with Crippen molar-refractivity contribution in [2.75, 3.05) is 27.2 Å². The van der Waals surface area contributed by atoms with E-state index in [1.165, 1.54) is 20.2 Å². The molecule has 0 radical (unpaired) electrons. The minimum Gasteiger partial charge on any atom is -0.359 e. The molecule has 1 aromatic carbocycles. The molecule has 0 bridgehead atoms. The van der Waals surface area contributed by atoms with Crippen LogP contribution in [0.4, 0.5) is 0 Å². The number of nitrogens with two attached hydrogens (primary N) is 1. The minimum atomic E-state index is -3.69. The van der Waals surface area contributed by atoms with Gasteiger partial charge >= 0.3 is 0 Å². The highest BCUT2D eigenvalue weighted by Crippen LogP contribution is 2.18. The van der Waals surface area contributed by atoms with Crippen molar-refractivity contribution >= 4 is 15.9 Å². The Morgan fingerprint density at radius 2 is 2.05 bits per heavy atom. The molecule has 3 N–H and O–H groups in total. The number of carbonyl (C=O) groups is 1. The van der Waals surface area contributed by atoms with Gasteiger partial charge in [-0.15, -0.1) is 0 Å². The highest BCUT2D eigenvalue weighted by atomic mass is 32.2. The third-order valence-electron chi connectivity index (χ3n) is 2.83. The summed E-state index contributed by atoms with van der Waals surface area (Å²) in [6, 6.07) is 6.46. The lowest BCUT2D eigenvalue weighted by Crippen LogP contribution is -2.31. The summed E-state index contributed by atoms with van der Waals surface area (Å²) in [6.45, 7) is 0.252. The Labute approximate surface area is 125 Å². The van der Waals surface area contributed by atoms with Crippen LogP contribution in [0.2, 0.25) is 0 Å². The van der Waals surface area contributed by atoms with Crippen molar-refractivity contribution in [2.24, 2.45) is 5.73 Å². The SMILES string of the molecule is CNC(=O)CCN(C)S(=O)(=O)c1ccccc1C#CCN. The van der Waals surface area contributed by atoms with E-state index >= 15 is 0 Å². The van der Waals surface area contributed by atoms with Crippen LogP contribution < -0.4 is 11.1 Å². The number of sulfonamides is 1. The van der Waals surface area contributed by atoms with Crippen molar-refractivity contribution in [1.29, 1.82) is 0 Å². The summed E-state index contributed by atoms with van der Waals surface area (Å²) in [5.74, 6) is 5.18. The second kappa shape index (κ2) is 7.78. The molecule has 0 saturated carbocycles. The summed E-state index contributed by atoms with van der Waals surface area (Å²) in [6.07, 6.45) is 0.100. The van der Waals surface area contributed by atoms with Crippen LogP contribution >= 0.6 is 0 Å². The number of amides is 1. The van der Waals surface area contributed by atoms with Crippen LogP contribution in [-0.2, 0) is 14.8 Å². The molecule has 0 aliphatic rings. The number of hydrogen-bond acceptors (Lipinski definition) is 4. The summed E-state index contributed by atoms with van der Waals surface area (Å²) in [5, 5.41) is 2.45. The number of benzene rings is 1. The van der Waals surface area contributed by atoms with Crippen LogP contribution in [0.3, 0.4) is 0 Å². The Kier molecular flexibility index (Phi) is 6.37. The second-order valence-electron chi connectivity index (χ2n) is 4.25. The quantitative estimate of drug-likeness (QED) is 0.734. The molecule has 1 aromatic rings. The summed E-state index contributed by atoms with van der Waals surface area (Å²) in [7, 11) is -0.750. The topological polar surface area (TPSA) is 92.5 Å². The zero-order chi connectivity index (χ0) is 15.9. The zero-order valence-corrected chi connectivity index (χ0v) is 12.9. The lowest BCUT2D eigenvalue weighted by molar-refractivity contribution is -0.120. The molecular formula is C14H19N3O3S. The van der Waals surface area contributed by atoms with Crippen LogP contribution in [0.1, 0.15) is 12.0 Å². The first-order chi connectivity index (χ1) is 9.93.